The Morgan fingerprint density at radius 3 is 2.60 bits per heavy atom. The van der Waals surface area contributed by atoms with Crippen molar-refractivity contribution in [2.75, 3.05) is 18.1 Å². The Bertz CT molecular complexity index is 491. The standard InChI is InChI=1S/C13H18N2O4S/c1-13(19,7-11(16)17)8-14-12(18)15-9-5-3-4-6-10(9)20-2/h3-6,19H,7-8H2,1-2H3,(H,16,17)(H2,14,15,18). The number of para-hydroxylation sites is 1. The molecular formula is C13H18N2O4S. The van der Waals surface area contributed by atoms with Gasteiger partial charge in [0.2, 0.25) is 0 Å². The molecule has 1 atom stereocenters. The first-order valence-corrected chi connectivity index (χ1v) is 7.18. The van der Waals surface area contributed by atoms with Crippen molar-refractivity contribution in [2.24, 2.45) is 0 Å². The van der Waals surface area contributed by atoms with Crippen LogP contribution in [0.25, 0.3) is 0 Å². The number of hydrogen-bond acceptors (Lipinski definition) is 4. The van der Waals surface area contributed by atoms with Gasteiger partial charge in [-0.2, -0.15) is 0 Å². The number of aliphatic hydroxyl groups is 1. The van der Waals surface area contributed by atoms with Gasteiger partial charge in [-0.15, -0.1) is 11.8 Å². The van der Waals surface area contributed by atoms with Crippen LogP contribution >= 0.6 is 11.8 Å². The molecule has 1 aromatic carbocycles. The van der Waals surface area contributed by atoms with Gasteiger partial charge in [0.1, 0.15) is 0 Å². The lowest BCUT2D eigenvalue weighted by molar-refractivity contribution is -0.141. The number of rotatable bonds is 6. The quantitative estimate of drug-likeness (QED) is 0.600. The molecule has 0 radical (unpaired) electrons. The van der Waals surface area contributed by atoms with Gasteiger partial charge in [0, 0.05) is 11.4 Å². The molecule has 7 heteroatoms. The molecule has 0 saturated heterocycles. The fourth-order valence-corrected chi connectivity index (χ4v) is 2.13. The maximum Gasteiger partial charge on any atom is 0.319 e. The minimum atomic E-state index is -1.48. The SMILES string of the molecule is CSc1ccccc1NC(=O)NCC(C)(O)CC(=O)O. The van der Waals surface area contributed by atoms with Crippen LogP contribution in [-0.2, 0) is 4.79 Å². The molecule has 0 fully saturated rings. The van der Waals surface area contributed by atoms with E-state index < -0.39 is 24.0 Å². The third-order valence-electron chi connectivity index (χ3n) is 2.52. The summed E-state index contributed by atoms with van der Waals surface area (Å²) in [5, 5.41) is 23.5. The monoisotopic (exact) mass is 298 g/mol. The number of benzene rings is 1. The fraction of sp³-hybridized carbons (Fsp3) is 0.385. The Balaban J connectivity index is 2.54. The van der Waals surface area contributed by atoms with Crippen LogP contribution in [-0.4, -0.2) is 40.6 Å². The molecule has 1 rings (SSSR count). The zero-order valence-electron chi connectivity index (χ0n) is 11.3. The molecule has 0 aliphatic rings. The summed E-state index contributed by atoms with van der Waals surface area (Å²) in [6.07, 6.45) is 1.46. The zero-order valence-corrected chi connectivity index (χ0v) is 12.2. The Morgan fingerprint density at radius 2 is 2.00 bits per heavy atom. The number of carboxylic acid groups (broad SMARTS) is 1. The number of amides is 2. The Morgan fingerprint density at radius 1 is 1.35 bits per heavy atom. The van der Waals surface area contributed by atoms with Crippen molar-refractivity contribution in [1.29, 1.82) is 0 Å². The largest absolute Gasteiger partial charge is 0.481 e. The molecule has 0 aliphatic carbocycles. The number of carbonyl (C=O) groups is 2. The average molecular weight is 298 g/mol. The maximum atomic E-state index is 11.7. The highest BCUT2D eigenvalue weighted by molar-refractivity contribution is 7.98. The Labute approximate surface area is 121 Å². The summed E-state index contributed by atoms with van der Waals surface area (Å²) in [5.41, 5.74) is -0.822. The van der Waals surface area contributed by atoms with Crippen LogP contribution < -0.4 is 10.6 Å². The van der Waals surface area contributed by atoms with Gasteiger partial charge < -0.3 is 20.8 Å². The number of aliphatic carboxylic acids is 1. The summed E-state index contributed by atoms with van der Waals surface area (Å²) in [4.78, 5) is 23.2. The molecule has 0 heterocycles. The first-order chi connectivity index (χ1) is 9.34. The summed E-state index contributed by atoms with van der Waals surface area (Å²) in [7, 11) is 0. The highest BCUT2D eigenvalue weighted by atomic mass is 32.2. The molecule has 4 N–H and O–H groups in total. The molecule has 20 heavy (non-hydrogen) atoms. The normalized spacial score (nSPS) is 13.3. The number of anilines is 1. The van der Waals surface area contributed by atoms with E-state index in [4.69, 9.17) is 5.11 Å². The molecule has 6 nitrogen and oxygen atoms in total. The molecule has 0 spiro atoms. The van der Waals surface area contributed by atoms with Crippen molar-refractivity contribution in [1.82, 2.24) is 5.32 Å². The number of nitrogens with one attached hydrogen (secondary N) is 2. The Hall–Kier alpha value is -1.73. The van der Waals surface area contributed by atoms with Crippen molar-refractivity contribution in [3.8, 4) is 0 Å². The van der Waals surface area contributed by atoms with Crippen molar-refractivity contribution in [3.05, 3.63) is 24.3 Å². The molecule has 0 saturated carbocycles. The lowest BCUT2D eigenvalue weighted by Gasteiger charge is -2.21. The highest BCUT2D eigenvalue weighted by Crippen LogP contribution is 2.24. The minimum absolute atomic E-state index is 0.146. The predicted octanol–water partition coefficient (Wildman–Crippen LogP) is 1.76. The van der Waals surface area contributed by atoms with Gasteiger partial charge in [-0.3, -0.25) is 4.79 Å². The van der Waals surface area contributed by atoms with Crippen LogP contribution in [0.5, 0.6) is 0 Å². The number of carbonyl (C=O) groups excluding carboxylic acids is 1. The summed E-state index contributed by atoms with van der Waals surface area (Å²) in [5.74, 6) is -1.12. The minimum Gasteiger partial charge on any atom is -0.481 e. The number of hydrogen-bond donors (Lipinski definition) is 4. The van der Waals surface area contributed by atoms with Crippen LogP contribution in [0.1, 0.15) is 13.3 Å². The molecule has 110 valence electrons. The smallest absolute Gasteiger partial charge is 0.319 e. The maximum absolute atomic E-state index is 11.7. The summed E-state index contributed by atoms with van der Waals surface area (Å²) in [6.45, 7) is 1.21. The van der Waals surface area contributed by atoms with E-state index in [2.05, 4.69) is 10.6 Å². The van der Waals surface area contributed by atoms with Crippen LogP contribution in [0.4, 0.5) is 10.5 Å². The highest BCUT2D eigenvalue weighted by Gasteiger charge is 2.24. The second kappa shape index (κ2) is 7.16. The van der Waals surface area contributed by atoms with Crippen LogP contribution in [0.2, 0.25) is 0 Å². The van der Waals surface area contributed by atoms with Crippen LogP contribution in [0.15, 0.2) is 29.2 Å². The topological polar surface area (TPSA) is 98.7 Å². The van der Waals surface area contributed by atoms with Crippen molar-refractivity contribution in [2.45, 2.75) is 23.8 Å². The first-order valence-electron chi connectivity index (χ1n) is 5.96. The van der Waals surface area contributed by atoms with Gasteiger partial charge in [-0.25, -0.2) is 4.79 Å². The summed E-state index contributed by atoms with van der Waals surface area (Å²) >= 11 is 1.50. The van der Waals surface area contributed by atoms with Gasteiger partial charge in [-0.05, 0) is 25.3 Å². The van der Waals surface area contributed by atoms with E-state index in [1.165, 1.54) is 18.7 Å². The van der Waals surface area contributed by atoms with Crippen molar-refractivity contribution < 1.29 is 19.8 Å². The van der Waals surface area contributed by atoms with Gasteiger partial charge in [-0.1, -0.05) is 12.1 Å². The summed E-state index contributed by atoms with van der Waals surface area (Å²) in [6, 6.07) is 6.82. The zero-order chi connectivity index (χ0) is 15.2. The van der Waals surface area contributed by atoms with E-state index in [0.29, 0.717) is 5.69 Å². The molecule has 0 aliphatic heterocycles. The van der Waals surface area contributed by atoms with Gasteiger partial charge in [0.25, 0.3) is 0 Å². The van der Waals surface area contributed by atoms with Crippen LogP contribution in [0, 0.1) is 0 Å². The third-order valence-corrected chi connectivity index (χ3v) is 3.31. The van der Waals surface area contributed by atoms with Crippen LogP contribution in [0.3, 0.4) is 0 Å². The van der Waals surface area contributed by atoms with E-state index >= 15 is 0 Å². The van der Waals surface area contributed by atoms with E-state index in [1.54, 1.807) is 12.1 Å². The number of thioether (sulfide) groups is 1. The number of urea groups is 1. The molecular weight excluding hydrogens is 280 g/mol. The van der Waals surface area contributed by atoms with Crippen molar-refractivity contribution >= 4 is 29.4 Å². The lowest BCUT2D eigenvalue weighted by atomic mass is 10.0. The molecule has 1 aromatic rings. The van der Waals surface area contributed by atoms with Gasteiger partial charge in [0.15, 0.2) is 0 Å². The predicted molar refractivity (Wildman–Crippen MR) is 78.1 cm³/mol. The van der Waals surface area contributed by atoms with E-state index in [1.807, 2.05) is 18.4 Å². The third kappa shape index (κ3) is 5.50. The van der Waals surface area contributed by atoms with Gasteiger partial charge in [0.05, 0.1) is 17.7 Å². The average Bonchev–Trinajstić information content (AvgIpc) is 2.36. The molecule has 0 bridgehead atoms. The first kappa shape index (κ1) is 16.3. The number of carboxylic acids is 1. The van der Waals surface area contributed by atoms with Gasteiger partial charge >= 0.3 is 12.0 Å². The van der Waals surface area contributed by atoms with E-state index in [-0.39, 0.29) is 6.54 Å². The second-order valence-electron chi connectivity index (χ2n) is 4.58. The molecule has 2 amide bonds. The fourth-order valence-electron chi connectivity index (χ4n) is 1.57. The van der Waals surface area contributed by atoms with Crippen molar-refractivity contribution in [3.63, 3.8) is 0 Å². The van der Waals surface area contributed by atoms with E-state index in [0.717, 1.165) is 4.90 Å². The van der Waals surface area contributed by atoms with E-state index in [9.17, 15) is 14.7 Å². The second-order valence-corrected chi connectivity index (χ2v) is 5.42. The lowest BCUT2D eigenvalue weighted by Crippen LogP contribution is -2.43. The molecule has 1 unspecified atom stereocenters. The molecule has 0 aromatic heterocycles. The summed E-state index contributed by atoms with van der Waals surface area (Å²) < 4.78 is 0. The Kier molecular flexibility index (Phi) is 5.84.